The van der Waals surface area contributed by atoms with Crippen LogP contribution < -0.4 is 30.7 Å². The van der Waals surface area contributed by atoms with Crippen LogP contribution in [0.2, 0.25) is 0 Å². The average molecular weight is 676 g/mol. The maximum absolute atomic E-state index is 13.7. The summed E-state index contributed by atoms with van der Waals surface area (Å²) >= 11 is 0. The molecule has 14 nitrogen and oxygen atoms in total. The summed E-state index contributed by atoms with van der Waals surface area (Å²) in [4.78, 5) is 24.5. The Morgan fingerprint density at radius 2 is 1.81 bits per heavy atom. The number of ether oxygens (including phenoxy) is 4. The Morgan fingerprint density at radius 1 is 1.02 bits per heavy atom. The molecule has 2 aliphatic heterocycles. The van der Waals surface area contributed by atoms with Crippen molar-refractivity contribution in [1.82, 2.24) is 20.7 Å². The zero-order valence-corrected chi connectivity index (χ0v) is 27.3. The summed E-state index contributed by atoms with van der Waals surface area (Å²) in [5.41, 5.74) is 1.31. The first-order valence-electron chi connectivity index (χ1n) is 16.1. The highest BCUT2D eigenvalue weighted by Crippen LogP contribution is 2.36. The van der Waals surface area contributed by atoms with Gasteiger partial charge in [-0.3, -0.25) is 0 Å². The van der Waals surface area contributed by atoms with Gasteiger partial charge in [0, 0.05) is 26.7 Å². The van der Waals surface area contributed by atoms with Gasteiger partial charge in [-0.1, -0.05) is 36.4 Å². The number of hydrogen-bond donors (Lipinski definition) is 6. The van der Waals surface area contributed by atoms with Gasteiger partial charge >= 0.3 is 12.1 Å². The normalized spacial score (nSPS) is 22.2. The molecule has 0 aromatic heterocycles. The Kier molecular flexibility index (Phi) is 12.2. The molecule has 2 aromatic rings. The number of carbonyl (C=O) groups excluding carboxylic acids is 2. The van der Waals surface area contributed by atoms with Gasteiger partial charge in [0.15, 0.2) is 12.0 Å². The second-order valence-electron chi connectivity index (χ2n) is 11.9. The lowest BCUT2D eigenvalue weighted by Crippen LogP contribution is -2.50. The molecule has 1 saturated carbocycles. The third-order valence-corrected chi connectivity index (χ3v) is 10.0. The summed E-state index contributed by atoms with van der Waals surface area (Å²) in [6.07, 6.45) is 1.51. The summed E-state index contributed by atoms with van der Waals surface area (Å²) in [5, 5.41) is 22.4. The van der Waals surface area contributed by atoms with Crippen molar-refractivity contribution in [3.63, 3.8) is 0 Å². The molecule has 47 heavy (non-hydrogen) atoms. The van der Waals surface area contributed by atoms with E-state index in [4.69, 9.17) is 18.9 Å². The first kappa shape index (κ1) is 34.7. The Morgan fingerprint density at radius 3 is 2.57 bits per heavy atom. The van der Waals surface area contributed by atoms with Gasteiger partial charge in [-0.2, -0.15) is 0 Å². The summed E-state index contributed by atoms with van der Waals surface area (Å²) in [5.74, 6) is 0.125. The molecular weight excluding hydrogens is 630 g/mol. The Balaban J connectivity index is 1.27. The van der Waals surface area contributed by atoms with Crippen LogP contribution in [-0.4, -0.2) is 96.2 Å². The van der Waals surface area contributed by atoms with Gasteiger partial charge in [0.2, 0.25) is 10.0 Å². The van der Waals surface area contributed by atoms with Crippen LogP contribution in [-0.2, 0) is 30.7 Å². The molecule has 258 valence electrons. The number of carbonyl (C=O) groups is 2. The molecule has 2 heterocycles. The number of fused-ring (bicyclic) bond motifs is 1. The van der Waals surface area contributed by atoms with Gasteiger partial charge in [0.05, 0.1) is 43.1 Å². The summed E-state index contributed by atoms with van der Waals surface area (Å²) in [6, 6.07) is 12.8. The van der Waals surface area contributed by atoms with E-state index >= 15 is 0 Å². The number of para-hydroxylation sites is 1. The molecule has 3 amide bonds. The van der Waals surface area contributed by atoms with Crippen LogP contribution in [0, 0.1) is 5.92 Å². The van der Waals surface area contributed by atoms with Crippen LogP contribution in [0.4, 0.5) is 15.3 Å². The number of nitrogens with one attached hydrogen (secondary N) is 5. The summed E-state index contributed by atoms with van der Waals surface area (Å²) < 4.78 is 53.0. The number of urea groups is 1. The van der Waals surface area contributed by atoms with Gasteiger partial charge in [0.1, 0.15) is 11.0 Å². The number of amides is 3. The fourth-order valence-corrected chi connectivity index (χ4v) is 7.26. The summed E-state index contributed by atoms with van der Waals surface area (Å²) in [7, 11) is -2.67. The van der Waals surface area contributed by atoms with Gasteiger partial charge in [-0.15, -0.1) is 0 Å². The second-order valence-corrected chi connectivity index (χ2v) is 13.7. The zero-order chi connectivity index (χ0) is 33.2. The summed E-state index contributed by atoms with van der Waals surface area (Å²) in [6.45, 7) is 0.993. The van der Waals surface area contributed by atoms with Gasteiger partial charge in [-0.05, 0) is 56.2 Å². The first-order valence-corrected chi connectivity index (χ1v) is 17.6. The molecule has 15 heteroatoms. The van der Waals surface area contributed by atoms with Crippen molar-refractivity contribution in [1.29, 1.82) is 0 Å². The highest BCUT2D eigenvalue weighted by atomic mass is 32.2. The number of aliphatic hydroxyl groups excluding tert-OH is 1. The van der Waals surface area contributed by atoms with Crippen molar-refractivity contribution in [2.75, 3.05) is 45.2 Å². The molecule has 6 N–H and O–H groups in total. The maximum atomic E-state index is 13.7. The van der Waals surface area contributed by atoms with Crippen molar-refractivity contribution in [3.05, 3.63) is 54.1 Å². The quantitative estimate of drug-likeness (QED) is 0.153. The van der Waals surface area contributed by atoms with Crippen LogP contribution in [0.5, 0.6) is 5.75 Å². The van der Waals surface area contributed by atoms with E-state index < -0.39 is 34.4 Å². The second kappa shape index (κ2) is 16.5. The minimum absolute atomic E-state index is 0.0527. The van der Waals surface area contributed by atoms with E-state index in [1.165, 1.54) is 13.1 Å². The molecule has 5 atom stereocenters. The number of hydrogen-bond acceptors (Lipinski definition) is 10. The minimum Gasteiger partial charge on any atom is -0.487 e. The highest BCUT2D eigenvalue weighted by Gasteiger charge is 2.44. The molecule has 0 spiro atoms. The van der Waals surface area contributed by atoms with Crippen LogP contribution in [0.15, 0.2) is 53.4 Å². The zero-order valence-electron chi connectivity index (χ0n) is 26.5. The predicted molar refractivity (Wildman–Crippen MR) is 173 cm³/mol. The largest absolute Gasteiger partial charge is 0.487 e. The highest BCUT2D eigenvalue weighted by molar-refractivity contribution is 7.89. The minimum atomic E-state index is -4.19. The maximum Gasteiger partial charge on any atom is 0.407 e. The number of sulfonamides is 1. The lowest BCUT2D eigenvalue weighted by Gasteiger charge is -2.26. The Labute approximate surface area is 275 Å². The third kappa shape index (κ3) is 9.47. The fourth-order valence-electron chi connectivity index (χ4n) is 6.06. The molecule has 0 unspecified atom stereocenters. The number of benzene rings is 2. The van der Waals surface area contributed by atoms with E-state index in [1.54, 1.807) is 12.1 Å². The van der Waals surface area contributed by atoms with Gasteiger partial charge < -0.3 is 45.3 Å². The monoisotopic (exact) mass is 675 g/mol. The standard InChI is InChI=1S/C32H45N5O9S/c1-33-31(39)35-16-15-34-24-12-7-13-28(29(24)45-22-10-5-6-11-22)47(41,42)36-19-26(38)25(18-21-8-3-2-4-9-21)37-32(40)46-27-20-44-30-23(27)14-17-43-30/h2-4,7-9,12-13,22-23,25-27,30,34,36,38H,5-6,10-11,14-20H2,1H3,(H,37,40)(H2,33,35,39)/t23-,25-,26+,27-,30+/m0/s1. The smallest absolute Gasteiger partial charge is 0.407 e. The molecule has 3 fully saturated rings. The lowest BCUT2D eigenvalue weighted by molar-refractivity contribution is -0.0907. The van der Waals surface area contributed by atoms with Crippen molar-refractivity contribution in [2.45, 2.75) is 74.1 Å². The van der Waals surface area contributed by atoms with Gasteiger partial charge in [0.25, 0.3) is 0 Å². The van der Waals surface area contributed by atoms with Crippen molar-refractivity contribution in [3.8, 4) is 5.75 Å². The lowest BCUT2D eigenvalue weighted by atomic mass is 10.0. The number of rotatable bonds is 15. The van der Waals surface area contributed by atoms with E-state index in [2.05, 4.69) is 26.0 Å². The van der Waals surface area contributed by atoms with Crippen LogP contribution >= 0.6 is 0 Å². The van der Waals surface area contributed by atoms with E-state index in [-0.39, 0.29) is 54.6 Å². The molecule has 5 rings (SSSR count). The van der Waals surface area contributed by atoms with E-state index in [9.17, 15) is 23.1 Å². The topological polar surface area (TPSA) is 186 Å². The van der Waals surface area contributed by atoms with Crippen molar-refractivity contribution < 1.29 is 42.1 Å². The molecule has 0 bridgehead atoms. The van der Waals surface area contributed by atoms with E-state index in [1.807, 2.05) is 30.3 Å². The average Bonchev–Trinajstić information content (AvgIpc) is 3.84. The van der Waals surface area contributed by atoms with E-state index in [0.717, 1.165) is 37.7 Å². The first-order chi connectivity index (χ1) is 22.7. The molecule has 2 saturated heterocycles. The van der Waals surface area contributed by atoms with Crippen LogP contribution in [0.3, 0.4) is 0 Å². The van der Waals surface area contributed by atoms with Crippen molar-refractivity contribution in [2.24, 2.45) is 5.92 Å². The molecule has 3 aliphatic rings. The van der Waals surface area contributed by atoms with Crippen molar-refractivity contribution >= 4 is 27.8 Å². The van der Waals surface area contributed by atoms with Crippen LogP contribution in [0.1, 0.15) is 37.7 Å². The molecule has 1 aliphatic carbocycles. The Bertz CT molecular complexity index is 1440. The van der Waals surface area contributed by atoms with E-state index in [0.29, 0.717) is 25.4 Å². The Hall–Kier alpha value is -3.63. The van der Waals surface area contributed by atoms with Crippen LogP contribution in [0.25, 0.3) is 0 Å². The number of aliphatic hydroxyl groups is 1. The molecule has 2 aromatic carbocycles. The number of anilines is 1. The molecular formula is C32H45N5O9S. The SMILES string of the molecule is CNC(=O)NCCNc1cccc(S(=O)(=O)NC[C@@H](O)[C@H](Cc2ccccc2)NC(=O)O[C@H]2CO[C@H]3OCC[C@H]32)c1OC1CCCC1. The fraction of sp³-hybridized carbons (Fsp3) is 0.562. The number of alkyl carbamates (subject to hydrolysis) is 1. The molecule has 0 radical (unpaired) electrons. The third-order valence-electron chi connectivity index (χ3n) is 8.60. The predicted octanol–water partition coefficient (Wildman–Crippen LogP) is 2.09. The van der Waals surface area contributed by atoms with Gasteiger partial charge in [-0.25, -0.2) is 22.7 Å².